The number of hydrogen-bond donors (Lipinski definition) is 2. The Bertz CT molecular complexity index is 584. The molecule has 0 saturated heterocycles. The molecule has 19 heavy (non-hydrogen) atoms. The molecule has 0 bridgehead atoms. The second kappa shape index (κ2) is 7.14. The number of ether oxygens (including phenoxy) is 1. The van der Waals surface area contributed by atoms with Crippen LogP contribution < -0.4 is 4.72 Å². The van der Waals surface area contributed by atoms with Crippen LogP contribution in [0.25, 0.3) is 0 Å². The van der Waals surface area contributed by atoms with Gasteiger partial charge >= 0.3 is 0 Å². The minimum Gasteiger partial charge on any atom is -0.384 e. The number of rotatable bonds is 5. The highest BCUT2D eigenvalue weighted by Gasteiger charge is 2.12. The number of anilines is 1. The smallest absolute Gasteiger partial charge is 0.235 e. The summed E-state index contributed by atoms with van der Waals surface area (Å²) in [5.74, 6) is 5.09. The molecule has 1 aromatic rings. The zero-order valence-electron chi connectivity index (χ0n) is 10.9. The Morgan fingerprint density at radius 2 is 2.16 bits per heavy atom. The molecule has 0 saturated carbocycles. The molecule has 0 heterocycles. The number of hydrogen-bond acceptors (Lipinski definition) is 4. The first kappa shape index (κ1) is 15.5. The van der Waals surface area contributed by atoms with E-state index in [0.717, 1.165) is 5.56 Å². The van der Waals surface area contributed by atoms with Crippen LogP contribution in [0.1, 0.15) is 11.1 Å². The summed E-state index contributed by atoms with van der Waals surface area (Å²) in [5.41, 5.74) is 1.86. The molecule has 1 aromatic carbocycles. The summed E-state index contributed by atoms with van der Waals surface area (Å²) in [7, 11) is -2.02. The third kappa shape index (κ3) is 5.30. The van der Waals surface area contributed by atoms with Gasteiger partial charge in [0.25, 0.3) is 0 Å². The van der Waals surface area contributed by atoms with Crippen LogP contribution in [0.4, 0.5) is 5.69 Å². The van der Waals surface area contributed by atoms with Crippen LogP contribution in [-0.2, 0) is 14.8 Å². The van der Waals surface area contributed by atoms with E-state index in [1.807, 2.05) is 13.0 Å². The highest BCUT2D eigenvalue weighted by Crippen LogP contribution is 2.18. The fraction of sp³-hybridized carbons (Fsp3) is 0.385. The molecule has 0 aliphatic rings. The lowest BCUT2D eigenvalue weighted by atomic mass is 10.1. The van der Waals surface area contributed by atoms with Crippen LogP contribution in [0, 0.1) is 18.8 Å². The molecule has 1 rings (SSSR count). The number of aryl methyl sites for hydroxylation is 1. The summed E-state index contributed by atoms with van der Waals surface area (Å²) >= 11 is 0. The highest BCUT2D eigenvalue weighted by atomic mass is 32.2. The number of methoxy groups -OCH3 is 1. The van der Waals surface area contributed by atoms with Crippen molar-refractivity contribution in [2.45, 2.75) is 6.92 Å². The lowest BCUT2D eigenvalue weighted by molar-refractivity contribution is 0.217. The minimum absolute atomic E-state index is 0.121. The third-order valence-corrected chi connectivity index (χ3v) is 3.53. The van der Waals surface area contributed by atoms with Gasteiger partial charge in [-0.05, 0) is 24.6 Å². The van der Waals surface area contributed by atoms with Crippen LogP contribution in [0.3, 0.4) is 0 Å². The van der Waals surface area contributed by atoms with Gasteiger partial charge in [-0.2, -0.15) is 0 Å². The summed E-state index contributed by atoms with van der Waals surface area (Å²) in [4.78, 5) is 0. The second-order valence-corrected chi connectivity index (χ2v) is 5.76. The van der Waals surface area contributed by atoms with Crippen molar-refractivity contribution >= 4 is 15.7 Å². The number of nitrogens with one attached hydrogen (secondary N) is 1. The van der Waals surface area contributed by atoms with E-state index in [4.69, 9.17) is 9.84 Å². The van der Waals surface area contributed by atoms with Crippen LogP contribution in [0.2, 0.25) is 0 Å². The molecule has 0 aliphatic carbocycles. The molecule has 0 unspecified atom stereocenters. The number of aliphatic hydroxyl groups is 1. The predicted molar refractivity (Wildman–Crippen MR) is 74.4 cm³/mol. The molecule has 104 valence electrons. The molecular weight excluding hydrogens is 266 g/mol. The van der Waals surface area contributed by atoms with E-state index in [1.54, 1.807) is 12.1 Å². The lowest BCUT2D eigenvalue weighted by Crippen LogP contribution is -2.20. The second-order valence-electron chi connectivity index (χ2n) is 3.92. The average molecular weight is 283 g/mol. The number of benzene rings is 1. The normalized spacial score (nSPS) is 10.7. The molecule has 0 atom stereocenters. The molecule has 0 amide bonds. The Labute approximate surface area is 113 Å². The fourth-order valence-electron chi connectivity index (χ4n) is 1.40. The van der Waals surface area contributed by atoms with Gasteiger partial charge in [0.15, 0.2) is 0 Å². The number of sulfonamides is 1. The van der Waals surface area contributed by atoms with Crippen LogP contribution in [-0.4, -0.2) is 39.6 Å². The molecule has 2 N–H and O–H groups in total. The summed E-state index contributed by atoms with van der Waals surface area (Å²) < 4.78 is 30.8. The van der Waals surface area contributed by atoms with Crippen LogP contribution >= 0.6 is 0 Å². The van der Waals surface area contributed by atoms with Crippen molar-refractivity contribution in [2.24, 2.45) is 0 Å². The van der Waals surface area contributed by atoms with E-state index >= 15 is 0 Å². The molecule has 0 aliphatic heterocycles. The summed E-state index contributed by atoms with van der Waals surface area (Å²) in [6.07, 6.45) is 0. The lowest BCUT2D eigenvalue weighted by Gasteiger charge is -2.10. The Hall–Kier alpha value is -1.55. The highest BCUT2D eigenvalue weighted by molar-refractivity contribution is 7.92. The molecule has 0 radical (unpaired) electrons. The van der Waals surface area contributed by atoms with Crippen molar-refractivity contribution < 1.29 is 18.3 Å². The first-order chi connectivity index (χ1) is 8.98. The summed E-state index contributed by atoms with van der Waals surface area (Å²) in [6.45, 7) is 1.71. The van der Waals surface area contributed by atoms with E-state index in [-0.39, 0.29) is 19.0 Å². The molecule has 0 spiro atoms. The SMILES string of the molecule is COCCS(=O)(=O)Nc1cc(C)ccc1C#CCO. The molecule has 0 aromatic heterocycles. The number of aliphatic hydroxyl groups excluding tert-OH is 1. The predicted octanol–water partition coefficient (Wildman–Crippen LogP) is 0.727. The minimum atomic E-state index is -3.47. The maximum atomic E-state index is 11.8. The molecule has 5 nitrogen and oxygen atoms in total. The maximum Gasteiger partial charge on any atom is 0.235 e. The van der Waals surface area contributed by atoms with Crippen molar-refractivity contribution in [2.75, 3.05) is 30.8 Å². The van der Waals surface area contributed by atoms with Gasteiger partial charge < -0.3 is 9.84 Å². The zero-order chi connectivity index (χ0) is 14.3. The first-order valence-corrected chi connectivity index (χ1v) is 7.33. The average Bonchev–Trinajstić information content (AvgIpc) is 2.35. The Balaban J connectivity index is 3.02. The van der Waals surface area contributed by atoms with Gasteiger partial charge in [0.05, 0.1) is 18.0 Å². The molecule has 6 heteroatoms. The van der Waals surface area contributed by atoms with E-state index in [1.165, 1.54) is 7.11 Å². The van der Waals surface area contributed by atoms with Gasteiger partial charge in [0, 0.05) is 12.7 Å². The summed E-state index contributed by atoms with van der Waals surface area (Å²) in [5, 5.41) is 8.69. The van der Waals surface area contributed by atoms with Gasteiger partial charge in [0.2, 0.25) is 10.0 Å². The fourth-order valence-corrected chi connectivity index (χ4v) is 2.39. The van der Waals surface area contributed by atoms with Crippen molar-refractivity contribution in [1.29, 1.82) is 0 Å². The van der Waals surface area contributed by atoms with Crippen molar-refractivity contribution in [1.82, 2.24) is 0 Å². The Morgan fingerprint density at radius 3 is 2.79 bits per heavy atom. The standard InChI is InChI=1S/C13H17NO4S/c1-11-5-6-12(4-3-7-15)13(10-11)14-19(16,17)9-8-18-2/h5-6,10,14-15H,7-9H2,1-2H3. The third-order valence-electron chi connectivity index (χ3n) is 2.30. The molecular formula is C13H17NO4S. The van der Waals surface area contributed by atoms with Gasteiger partial charge in [0.1, 0.15) is 6.61 Å². The van der Waals surface area contributed by atoms with E-state index in [9.17, 15) is 8.42 Å². The summed E-state index contributed by atoms with van der Waals surface area (Å²) in [6, 6.07) is 5.24. The largest absolute Gasteiger partial charge is 0.384 e. The zero-order valence-corrected chi connectivity index (χ0v) is 11.8. The maximum absolute atomic E-state index is 11.8. The van der Waals surface area contributed by atoms with Gasteiger partial charge in [-0.3, -0.25) is 4.72 Å². The van der Waals surface area contributed by atoms with Crippen LogP contribution in [0.15, 0.2) is 18.2 Å². The monoisotopic (exact) mass is 283 g/mol. The van der Waals surface area contributed by atoms with Crippen molar-refractivity contribution in [3.05, 3.63) is 29.3 Å². The Morgan fingerprint density at radius 1 is 1.42 bits per heavy atom. The van der Waals surface area contributed by atoms with E-state index in [2.05, 4.69) is 16.6 Å². The topological polar surface area (TPSA) is 75.6 Å². The molecule has 0 fully saturated rings. The Kier molecular flexibility index (Phi) is 5.83. The quantitative estimate of drug-likeness (QED) is 0.781. The van der Waals surface area contributed by atoms with Crippen molar-refractivity contribution in [3.63, 3.8) is 0 Å². The van der Waals surface area contributed by atoms with Crippen molar-refractivity contribution in [3.8, 4) is 11.8 Å². The van der Waals surface area contributed by atoms with Gasteiger partial charge in [-0.1, -0.05) is 17.9 Å². The van der Waals surface area contributed by atoms with E-state index < -0.39 is 10.0 Å². The van der Waals surface area contributed by atoms with Gasteiger partial charge in [-0.25, -0.2) is 8.42 Å². The first-order valence-electron chi connectivity index (χ1n) is 5.68. The van der Waals surface area contributed by atoms with Crippen LogP contribution in [0.5, 0.6) is 0 Å². The van der Waals surface area contributed by atoms with E-state index in [0.29, 0.717) is 11.3 Å². The van der Waals surface area contributed by atoms with Gasteiger partial charge in [-0.15, -0.1) is 0 Å².